The number of alkyl halides is 2. The van der Waals surface area contributed by atoms with Crippen molar-refractivity contribution in [3.8, 4) is 17.2 Å². The van der Waals surface area contributed by atoms with E-state index in [2.05, 4.69) is 15.2 Å². The molecule has 0 radical (unpaired) electrons. The molecule has 1 unspecified atom stereocenters. The molecule has 4 aromatic rings. The zero-order valence-corrected chi connectivity index (χ0v) is 32.6. The Morgan fingerprint density at radius 2 is 1.63 bits per heavy atom. The molecular weight excluding hydrogens is 783 g/mol. The number of hydrogen-bond donors (Lipinski definition) is 1. The molecule has 4 aliphatic rings. The van der Waals surface area contributed by atoms with Gasteiger partial charge >= 0.3 is 18.6 Å². The lowest BCUT2D eigenvalue weighted by Crippen LogP contribution is -2.52. The summed E-state index contributed by atoms with van der Waals surface area (Å²) in [6.45, 7) is -0.205. The summed E-state index contributed by atoms with van der Waals surface area (Å²) in [6.07, 6.45) is 5.51. The van der Waals surface area contributed by atoms with Crippen molar-refractivity contribution < 1.29 is 51.8 Å². The van der Waals surface area contributed by atoms with Gasteiger partial charge in [-0.25, -0.2) is 14.6 Å². The normalized spacial score (nSPS) is 19.6. The van der Waals surface area contributed by atoms with Gasteiger partial charge in [0.05, 0.1) is 19.3 Å². The lowest BCUT2D eigenvalue weighted by Gasteiger charge is -2.44. The SMILES string of the molecule is COc1ccccc1C(NC(=O)c1cccc(C(=O)O[C@@H](Cc2c(Cl)c[nH+]cc2Cl)c2ccc(OC(F)F)c(OCC3CC3)c2)c1)C(=O)O[C@H]1CN2CCC1CC2. The van der Waals surface area contributed by atoms with Crippen LogP contribution in [-0.2, 0) is 20.7 Å². The molecule has 3 atom stereocenters. The van der Waals surface area contributed by atoms with Gasteiger partial charge in [-0.2, -0.15) is 8.78 Å². The zero-order chi connectivity index (χ0) is 40.1. The Bertz CT molecular complexity index is 2080. The monoisotopic (exact) mass is 824 g/mol. The molecule has 1 aliphatic carbocycles. The van der Waals surface area contributed by atoms with E-state index < -0.39 is 36.6 Å². The van der Waals surface area contributed by atoms with Gasteiger partial charge in [0, 0.05) is 29.7 Å². The molecular formula is C42H42Cl2F2N3O8+. The topological polar surface area (TPSA) is 127 Å². The molecule has 1 amide bonds. The largest absolute Gasteiger partial charge is 0.496 e. The Labute approximate surface area is 338 Å². The van der Waals surface area contributed by atoms with E-state index in [1.165, 1.54) is 62.0 Å². The van der Waals surface area contributed by atoms with E-state index >= 15 is 0 Å². The van der Waals surface area contributed by atoms with Crippen molar-refractivity contribution in [2.24, 2.45) is 11.8 Å². The minimum absolute atomic E-state index is 0.00229. The number of H-pyrrole nitrogens is 1. The highest BCUT2D eigenvalue weighted by molar-refractivity contribution is 6.35. The second kappa shape index (κ2) is 18.1. The van der Waals surface area contributed by atoms with Crippen LogP contribution < -0.4 is 24.5 Å². The molecule has 3 aromatic carbocycles. The number of aromatic nitrogens is 1. The maximum absolute atomic E-state index is 13.9. The van der Waals surface area contributed by atoms with Crippen LogP contribution in [-0.4, -0.2) is 68.8 Å². The molecule has 2 bridgehead atoms. The molecule has 1 aromatic heterocycles. The number of pyridine rings is 1. The maximum atomic E-state index is 13.9. The van der Waals surface area contributed by atoms with Gasteiger partial charge in [-0.15, -0.1) is 0 Å². The minimum Gasteiger partial charge on any atom is -0.496 e. The number of nitrogens with zero attached hydrogens (tertiary/aromatic N) is 1. The summed E-state index contributed by atoms with van der Waals surface area (Å²) in [5.41, 5.74) is 1.37. The molecule has 15 heteroatoms. The Morgan fingerprint density at radius 3 is 2.32 bits per heavy atom. The van der Waals surface area contributed by atoms with Gasteiger partial charge in [0.1, 0.15) is 28.0 Å². The van der Waals surface area contributed by atoms with Crippen LogP contribution in [0.15, 0.2) is 79.1 Å². The van der Waals surface area contributed by atoms with Gasteiger partial charge < -0.3 is 29.0 Å². The third kappa shape index (κ3) is 9.95. The first-order valence-corrected chi connectivity index (χ1v) is 19.5. The Kier molecular flexibility index (Phi) is 12.8. The summed E-state index contributed by atoms with van der Waals surface area (Å²) in [4.78, 5) is 46.8. The number of amides is 1. The van der Waals surface area contributed by atoms with Crippen LogP contribution >= 0.6 is 23.2 Å². The van der Waals surface area contributed by atoms with Gasteiger partial charge in [-0.05, 0) is 92.6 Å². The molecule has 2 N–H and O–H groups in total. The van der Waals surface area contributed by atoms with Gasteiger partial charge in [0.25, 0.3) is 5.91 Å². The van der Waals surface area contributed by atoms with Crippen molar-refractivity contribution >= 4 is 41.0 Å². The summed E-state index contributed by atoms with van der Waals surface area (Å²) >= 11 is 13.0. The highest BCUT2D eigenvalue weighted by Gasteiger charge is 2.39. The van der Waals surface area contributed by atoms with Crippen LogP contribution in [0.2, 0.25) is 10.0 Å². The number of fused-ring (bicyclic) bond motifs is 3. The number of rotatable bonds is 16. The highest BCUT2D eigenvalue weighted by Crippen LogP contribution is 2.38. The number of carbonyl (C=O) groups excluding carboxylic acids is 3. The molecule has 3 saturated heterocycles. The maximum Gasteiger partial charge on any atom is 0.387 e. The highest BCUT2D eigenvalue weighted by atomic mass is 35.5. The third-order valence-corrected chi connectivity index (χ3v) is 11.2. The number of ether oxygens (including phenoxy) is 5. The van der Waals surface area contributed by atoms with Crippen LogP contribution in [0, 0.1) is 11.8 Å². The molecule has 4 fully saturated rings. The minimum atomic E-state index is -3.09. The lowest BCUT2D eigenvalue weighted by atomic mass is 9.86. The van der Waals surface area contributed by atoms with Crippen molar-refractivity contribution in [3.05, 3.63) is 117 Å². The summed E-state index contributed by atoms with van der Waals surface area (Å²) in [5, 5.41) is 3.37. The zero-order valence-electron chi connectivity index (χ0n) is 31.1. The predicted molar refractivity (Wildman–Crippen MR) is 205 cm³/mol. The van der Waals surface area contributed by atoms with E-state index in [-0.39, 0.29) is 51.1 Å². The fourth-order valence-electron chi connectivity index (χ4n) is 7.24. The number of aromatic amines is 1. The first kappa shape index (κ1) is 40.2. The summed E-state index contributed by atoms with van der Waals surface area (Å²) in [7, 11) is 1.48. The number of benzene rings is 3. The summed E-state index contributed by atoms with van der Waals surface area (Å²) in [6, 6.07) is 15.8. The molecule has 0 spiro atoms. The number of esters is 2. The molecule has 57 heavy (non-hydrogen) atoms. The van der Waals surface area contributed by atoms with Crippen molar-refractivity contribution in [1.82, 2.24) is 10.2 Å². The summed E-state index contributed by atoms with van der Waals surface area (Å²) in [5.74, 6) is -1.22. The van der Waals surface area contributed by atoms with Crippen LogP contribution in [0.25, 0.3) is 0 Å². The summed E-state index contributed by atoms with van der Waals surface area (Å²) < 4.78 is 54.9. The van der Waals surface area contributed by atoms with Crippen molar-refractivity contribution in [3.63, 3.8) is 0 Å². The fraction of sp³-hybridized carbons (Fsp3) is 0.381. The van der Waals surface area contributed by atoms with Gasteiger partial charge in [0.2, 0.25) is 0 Å². The second-order valence-corrected chi connectivity index (χ2v) is 15.2. The average molecular weight is 826 g/mol. The van der Waals surface area contributed by atoms with Gasteiger partial charge in [0.15, 0.2) is 29.9 Å². The number of carbonyl (C=O) groups is 3. The van der Waals surface area contributed by atoms with E-state index in [1.54, 1.807) is 24.3 Å². The van der Waals surface area contributed by atoms with E-state index in [9.17, 15) is 23.2 Å². The number of nitrogens with one attached hydrogen (secondary N) is 2. The Balaban J connectivity index is 1.14. The van der Waals surface area contributed by atoms with Crippen molar-refractivity contribution in [2.75, 3.05) is 33.4 Å². The van der Waals surface area contributed by atoms with E-state index in [0.717, 1.165) is 38.8 Å². The van der Waals surface area contributed by atoms with E-state index in [0.29, 0.717) is 41.5 Å². The number of halogens is 4. The van der Waals surface area contributed by atoms with E-state index in [1.807, 2.05) is 0 Å². The number of piperidine rings is 3. The van der Waals surface area contributed by atoms with Crippen LogP contribution in [0.3, 0.4) is 0 Å². The predicted octanol–water partition coefficient (Wildman–Crippen LogP) is 7.46. The van der Waals surface area contributed by atoms with Gasteiger partial charge in [-0.1, -0.05) is 53.5 Å². The van der Waals surface area contributed by atoms with E-state index in [4.69, 9.17) is 46.9 Å². The Morgan fingerprint density at radius 1 is 0.895 bits per heavy atom. The molecule has 4 heterocycles. The Hall–Kier alpha value is -4.98. The first-order chi connectivity index (χ1) is 27.6. The second-order valence-electron chi connectivity index (χ2n) is 14.4. The quantitative estimate of drug-likeness (QED) is 0.115. The molecule has 11 nitrogen and oxygen atoms in total. The molecule has 8 rings (SSSR count). The number of hydrogen-bond acceptors (Lipinski definition) is 9. The van der Waals surface area contributed by atoms with Crippen LogP contribution in [0.5, 0.6) is 17.2 Å². The third-order valence-electron chi connectivity index (χ3n) is 10.5. The van der Waals surface area contributed by atoms with Crippen molar-refractivity contribution in [2.45, 2.75) is 57.0 Å². The average Bonchev–Trinajstić information content (AvgIpc) is 4.05. The van der Waals surface area contributed by atoms with Crippen molar-refractivity contribution in [1.29, 1.82) is 0 Å². The van der Waals surface area contributed by atoms with Crippen LogP contribution in [0.1, 0.15) is 75.2 Å². The van der Waals surface area contributed by atoms with Crippen LogP contribution in [0.4, 0.5) is 8.78 Å². The smallest absolute Gasteiger partial charge is 0.387 e. The van der Waals surface area contributed by atoms with Gasteiger partial charge in [-0.3, -0.25) is 9.69 Å². The lowest BCUT2D eigenvalue weighted by molar-refractivity contribution is -0.377. The molecule has 300 valence electrons. The standard InChI is InChI=1S/C42H41Cl2F2N3O8/c1-53-33-8-3-2-7-29(33)38(41(52)56-37-22-49-15-13-25(37)14-16-49)48-39(50)27-5-4-6-28(17-27)40(51)55-35(19-30-31(43)20-47-21-32(30)44)26-11-12-34(57-42(45)46)36(18-26)54-23-24-9-10-24/h2-8,11-12,17-18,20-21,24-25,35,37-38,42H,9-10,13-16,19,22-23H2,1H3,(H,48,50)/p+1/t35-,37-,38?/m0/s1. The first-order valence-electron chi connectivity index (χ1n) is 18.8. The number of para-hydroxylation sites is 1. The molecule has 1 saturated carbocycles. The fourth-order valence-corrected chi connectivity index (χ4v) is 7.77. The number of methoxy groups -OCH3 is 1. The molecule has 3 aliphatic heterocycles.